The minimum atomic E-state index is -0.490. The number of aromatic nitrogens is 1. The van der Waals surface area contributed by atoms with E-state index in [1.807, 2.05) is 0 Å². The smallest absolute Gasteiger partial charge is 0.357 e. The molecule has 13 heavy (non-hydrogen) atoms. The molecule has 70 valence electrons. The maximum Gasteiger partial charge on any atom is 0.357 e. The first kappa shape index (κ1) is 9.40. The van der Waals surface area contributed by atoms with Crippen LogP contribution in [0.25, 0.3) is 0 Å². The van der Waals surface area contributed by atoms with E-state index in [0.29, 0.717) is 5.82 Å². The van der Waals surface area contributed by atoms with Gasteiger partial charge >= 0.3 is 11.5 Å². The Hall–Kier alpha value is -1.69. The molecular weight excluding hydrogens is 174 g/mol. The Morgan fingerprint density at radius 1 is 1.69 bits per heavy atom. The van der Waals surface area contributed by atoms with Crippen LogP contribution >= 0.6 is 0 Å². The van der Waals surface area contributed by atoms with Crippen molar-refractivity contribution in [3.05, 3.63) is 28.4 Å². The topological polar surface area (TPSA) is 89.5 Å². The molecular formula is C7H10N3O3+. The highest BCUT2D eigenvalue weighted by Crippen LogP contribution is 2.16. The van der Waals surface area contributed by atoms with Gasteiger partial charge in [0.1, 0.15) is 6.54 Å². The van der Waals surface area contributed by atoms with E-state index >= 15 is 0 Å². The van der Waals surface area contributed by atoms with Crippen LogP contribution in [-0.4, -0.2) is 23.2 Å². The first-order valence-corrected chi connectivity index (χ1v) is 3.75. The molecule has 0 atom stereocenters. The van der Waals surface area contributed by atoms with Gasteiger partial charge in [0.25, 0.3) is 0 Å². The Kier molecular flexibility index (Phi) is 3.15. The Balaban J connectivity index is 2.84. The second kappa shape index (κ2) is 4.36. The second-order valence-corrected chi connectivity index (χ2v) is 2.34. The number of aromatic amines is 1. The highest BCUT2D eigenvalue weighted by Gasteiger charge is 2.18. The summed E-state index contributed by atoms with van der Waals surface area (Å²) >= 11 is 0. The summed E-state index contributed by atoms with van der Waals surface area (Å²) in [5, 5.41) is 21.7. The van der Waals surface area contributed by atoms with E-state index in [1.54, 1.807) is 12.3 Å². The largest absolute Gasteiger partial charge is 0.392 e. The lowest BCUT2D eigenvalue weighted by Gasteiger charge is -1.96. The van der Waals surface area contributed by atoms with Gasteiger partial charge in [-0.2, -0.15) is 0 Å². The first-order chi connectivity index (χ1) is 6.25. The SMILES string of the molecule is O=[N+]([O-])c1ccc[nH+]c1NCCO. The third kappa shape index (κ3) is 2.38. The molecule has 0 unspecified atom stereocenters. The standard InChI is InChI=1S/C7H9N3O3/c11-5-4-9-7-6(10(12)13)2-1-3-8-7/h1-3,11H,4-5H2,(H,8,9)/p+1. The summed E-state index contributed by atoms with van der Waals surface area (Å²) in [4.78, 5) is 12.7. The number of aliphatic hydroxyl groups is 1. The highest BCUT2D eigenvalue weighted by atomic mass is 16.6. The van der Waals surface area contributed by atoms with Crippen LogP contribution in [0, 0.1) is 10.1 Å². The molecule has 6 nitrogen and oxygen atoms in total. The summed E-state index contributed by atoms with van der Waals surface area (Å²) in [5.41, 5.74) is -0.0315. The van der Waals surface area contributed by atoms with Gasteiger partial charge in [-0.25, -0.2) is 4.98 Å². The molecule has 0 radical (unpaired) electrons. The minimum absolute atomic E-state index is 0.0315. The lowest BCUT2D eigenvalue weighted by molar-refractivity contribution is -0.409. The van der Waals surface area contributed by atoms with E-state index in [1.165, 1.54) is 6.07 Å². The summed E-state index contributed by atoms with van der Waals surface area (Å²) in [6.45, 7) is 0.210. The summed E-state index contributed by atoms with van der Waals surface area (Å²) in [6.07, 6.45) is 1.58. The van der Waals surface area contributed by atoms with E-state index in [2.05, 4.69) is 10.3 Å². The molecule has 1 heterocycles. The van der Waals surface area contributed by atoms with Crippen molar-refractivity contribution in [1.29, 1.82) is 0 Å². The highest BCUT2D eigenvalue weighted by molar-refractivity contribution is 5.50. The van der Waals surface area contributed by atoms with Crippen LogP contribution in [0.4, 0.5) is 11.5 Å². The number of nitrogens with zero attached hydrogens (tertiary/aromatic N) is 1. The van der Waals surface area contributed by atoms with Gasteiger partial charge in [0.2, 0.25) is 0 Å². The van der Waals surface area contributed by atoms with Crippen molar-refractivity contribution in [2.45, 2.75) is 0 Å². The Bertz CT molecular complexity index is 303. The fourth-order valence-corrected chi connectivity index (χ4v) is 0.903. The fraction of sp³-hybridized carbons (Fsp3) is 0.286. The van der Waals surface area contributed by atoms with Gasteiger partial charge in [-0.3, -0.25) is 15.4 Å². The number of H-pyrrole nitrogens is 1. The van der Waals surface area contributed by atoms with Crippen LogP contribution in [0.3, 0.4) is 0 Å². The number of aliphatic hydroxyl groups excluding tert-OH is 1. The number of pyridine rings is 1. The van der Waals surface area contributed by atoms with Crippen molar-refractivity contribution in [2.75, 3.05) is 18.5 Å². The van der Waals surface area contributed by atoms with E-state index in [4.69, 9.17) is 5.11 Å². The number of hydrogen-bond donors (Lipinski definition) is 2. The zero-order valence-electron chi connectivity index (χ0n) is 6.86. The molecule has 0 spiro atoms. The summed E-state index contributed by atoms with van der Waals surface area (Å²) < 4.78 is 0. The molecule has 0 aromatic carbocycles. The average Bonchev–Trinajstić information content (AvgIpc) is 2.15. The average molecular weight is 184 g/mol. The number of nitrogens with one attached hydrogen (secondary N) is 2. The molecule has 0 saturated heterocycles. The monoisotopic (exact) mass is 184 g/mol. The molecule has 0 fully saturated rings. The maximum atomic E-state index is 10.5. The van der Waals surface area contributed by atoms with E-state index < -0.39 is 4.92 Å². The normalized spacial score (nSPS) is 9.62. The van der Waals surface area contributed by atoms with Gasteiger partial charge in [-0.05, 0) is 6.07 Å². The van der Waals surface area contributed by atoms with Crippen molar-refractivity contribution in [3.63, 3.8) is 0 Å². The van der Waals surface area contributed by atoms with Gasteiger partial charge in [-0.15, -0.1) is 0 Å². The predicted octanol–water partition coefficient (Wildman–Crippen LogP) is -0.187. The predicted molar refractivity (Wildman–Crippen MR) is 45.2 cm³/mol. The van der Waals surface area contributed by atoms with Gasteiger partial charge < -0.3 is 5.11 Å². The van der Waals surface area contributed by atoms with Crippen LogP contribution < -0.4 is 10.3 Å². The van der Waals surface area contributed by atoms with Crippen LogP contribution in [-0.2, 0) is 0 Å². The van der Waals surface area contributed by atoms with E-state index in [-0.39, 0.29) is 18.8 Å². The molecule has 0 saturated carbocycles. The lowest BCUT2D eigenvalue weighted by atomic mass is 10.4. The van der Waals surface area contributed by atoms with Gasteiger partial charge in [0, 0.05) is 6.07 Å². The van der Waals surface area contributed by atoms with Crippen LogP contribution in [0.2, 0.25) is 0 Å². The molecule has 1 aromatic rings. The molecule has 0 bridgehead atoms. The number of nitro groups is 1. The molecule has 3 N–H and O–H groups in total. The van der Waals surface area contributed by atoms with Crippen molar-refractivity contribution in [2.24, 2.45) is 0 Å². The molecule has 0 aliphatic carbocycles. The zero-order valence-corrected chi connectivity index (χ0v) is 6.86. The molecule has 1 aromatic heterocycles. The van der Waals surface area contributed by atoms with Gasteiger partial charge in [0.15, 0.2) is 0 Å². The number of rotatable bonds is 4. The zero-order chi connectivity index (χ0) is 9.68. The van der Waals surface area contributed by atoms with Crippen molar-refractivity contribution in [3.8, 4) is 0 Å². The quantitative estimate of drug-likeness (QED) is 0.501. The molecule has 0 aliphatic rings. The third-order valence-electron chi connectivity index (χ3n) is 1.44. The summed E-state index contributed by atoms with van der Waals surface area (Å²) in [7, 11) is 0. The Morgan fingerprint density at radius 2 is 2.46 bits per heavy atom. The second-order valence-electron chi connectivity index (χ2n) is 2.34. The van der Waals surface area contributed by atoms with Crippen LogP contribution in [0.15, 0.2) is 18.3 Å². The van der Waals surface area contributed by atoms with Crippen LogP contribution in [0.1, 0.15) is 0 Å². The summed E-state index contributed by atoms with van der Waals surface area (Å²) in [5.74, 6) is 0.307. The van der Waals surface area contributed by atoms with E-state index in [9.17, 15) is 10.1 Å². The molecule has 0 amide bonds. The van der Waals surface area contributed by atoms with Crippen molar-refractivity contribution in [1.82, 2.24) is 0 Å². The number of anilines is 1. The van der Waals surface area contributed by atoms with Crippen molar-refractivity contribution >= 4 is 11.5 Å². The van der Waals surface area contributed by atoms with Crippen LogP contribution in [0.5, 0.6) is 0 Å². The number of hydrogen-bond acceptors (Lipinski definition) is 4. The fourth-order valence-electron chi connectivity index (χ4n) is 0.903. The van der Waals surface area contributed by atoms with Gasteiger partial charge in [-0.1, -0.05) is 0 Å². The molecule has 0 aliphatic heterocycles. The summed E-state index contributed by atoms with van der Waals surface area (Å²) in [6, 6.07) is 2.93. The van der Waals surface area contributed by atoms with E-state index in [0.717, 1.165) is 0 Å². The first-order valence-electron chi connectivity index (χ1n) is 3.75. The lowest BCUT2D eigenvalue weighted by Crippen LogP contribution is -2.17. The van der Waals surface area contributed by atoms with Gasteiger partial charge in [0.05, 0.1) is 17.7 Å². The minimum Gasteiger partial charge on any atom is -0.392 e. The van der Waals surface area contributed by atoms with Crippen molar-refractivity contribution < 1.29 is 15.0 Å². The maximum absolute atomic E-state index is 10.5. The Labute approximate surface area is 74.4 Å². The third-order valence-corrected chi connectivity index (χ3v) is 1.44. The molecule has 1 rings (SSSR count). The molecule has 6 heteroatoms. The Morgan fingerprint density at radius 3 is 3.08 bits per heavy atom.